The number of benzene rings is 1. The van der Waals surface area contributed by atoms with Gasteiger partial charge in [-0.1, -0.05) is 12.1 Å². The van der Waals surface area contributed by atoms with Crippen molar-refractivity contribution < 1.29 is 14.7 Å². The molecule has 2 aromatic rings. The fourth-order valence-electron chi connectivity index (χ4n) is 2.67. The van der Waals surface area contributed by atoms with Gasteiger partial charge in [0.1, 0.15) is 5.82 Å². The summed E-state index contributed by atoms with van der Waals surface area (Å²) in [5, 5.41) is 18.8. The molecule has 2 unspecified atom stereocenters. The van der Waals surface area contributed by atoms with Crippen LogP contribution in [0.3, 0.4) is 0 Å². The summed E-state index contributed by atoms with van der Waals surface area (Å²) in [6, 6.07) is 7.27. The first-order chi connectivity index (χ1) is 11.1. The Kier molecular flexibility index (Phi) is 3.14. The number of amides is 1. The maximum atomic E-state index is 12.0. The second kappa shape index (κ2) is 5.19. The smallest absolute Gasteiger partial charge is 0.307 e. The van der Waals surface area contributed by atoms with Crippen LogP contribution in [-0.2, 0) is 9.59 Å². The van der Waals surface area contributed by atoms with Crippen molar-refractivity contribution in [2.45, 2.75) is 25.2 Å². The van der Waals surface area contributed by atoms with Crippen LogP contribution in [0.2, 0.25) is 0 Å². The molecule has 7 nitrogen and oxygen atoms in total. The van der Waals surface area contributed by atoms with E-state index in [2.05, 4.69) is 20.5 Å². The lowest BCUT2D eigenvalue weighted by Gasteiger charge is -2.05. The van der Waals surface area contributed by atoms with Crippen LogP contribution in [0.4, 0.5) is 5.69 Å². The molecule has 2 fully saturated rings. The zero-order valence-electron chi connectivity index (χ0n) is 12.3. The van der Waals surface area contributed by atoms with Crippen molar-refractivity contribution in [1.29, 1.82) is 0 Å². The molecule has 0 bridgehead atoms. The van der Waals surface area contributed by atoms with Gasteiger partial charge in [-0.25, -0.2) is 4.98 Å². The number of anilines is 1. The summed E-state index contributed by atoms with van der Waals surface area (Å²) in [7, 11) is 0. The van der Waals surface area contributed by atoms with Gasteiger partial charge in [-0.2, -0.15) is 5.10 Å². The molecule has 2 atom stereocenters. The zero-order valence-corrected chi connectivity index (χ0v) is 12.3. The molecule has 1 aromatic heterocycles. The number of H-pyrrole nitrogens is 1. The molecule has 0 spiro atoms. The monoisotopic (exact) mass is 312 g/mol. The average Bonchev–Trinajstić information content (AvgIpc) is 3.45. The van der Waals surface area contributed by atoms with Crippen LogP contribution < -0.4 is 5.32 Å². The summed E-state index contributed by atoms with van der Waals surface area (Å²) in [5.41, 5.74) is 1.44. The van der Waals surface area contributed by atoms with E-state index in [1.807, 2.05) is 12.1 Å². The lowest BCUT2D eigenvalue weighted by atomic mass is 10.2. The number of hydrogen-bond donors (Lipinski definition) is 3. The van der Waals surface area contributed by atoms with E-state index in [9.17, 15) is 9.59 Å². The van der Waals surface area contributed by atoms with E-state index in [1.165, 1.54) is 0 Å². The van der Waals surface area contributed by atoms with E-state index in [4.69, 9.17) is 5.11 Å². The van der Waals surface area contributed by atoms with Crippen LogP contribution in [0.25, 0.3) is 11.4 Å². The Morgan fingerprint density at radius 2 is 2.09 bits per heavy atom. The standard InChI is InChI=1S/C16H16N4O3/c21-15(11-7-12(11)16(22)23)17-10-3-1-2-9(6-10)14-18-13(19-20-14)8-4-5-8/h1-3,6,8,11-12H,4-5,7H2,(H,17,21)(H,22,23)(H,18,19,20). The number of nitrogens with zero attached hydrogens (tertiary/aromatic N) is 2. The van der Waals surface area contributed by atoms with Crippen molar-refractivity contribution in [3.8, 4) is 11.4 Å². The van der Waals surface area contributed by atoms with Gasteiger partial charge < -0.3 is 10.4 Å². The maximum Gasteiger partial charge on any atom is 0.307 e. The van der Waals surface area contributed by atoms with Crippen LogP contribution in [0, 0.1) is 11.8 Å². The Morgan fingerprint density at radius 1 is 1.26 bits per heavy atom. The third-order valence-electron chi connectivity index (χ3n) is 4.30. The molecular formula is C16H16N4O3. The Bertz CT molecular complexity index is 781. The maximum absolute atomic E-state index is 12.0. The first kappa shape index (κ1) is 13.9. The third kappa shape index (κ3) is 2.81. The second-order valence-electron chi connectivity index (χ2n) is 6.18. The van der Waals surface area contributed by atoms with E-state index >= 15 is 0 Å². The van der Waals surface area contributed by atoms with Crippen LogP contribution in [0.1, 0.15) is 31.0 Å². The molecule has 1 aromatic carbocycles. The summed E-state index contributed by atoms with van der Waals surface area (Å²) < 4.78 is 0. The molecule has 1 amide bonds. The van der Waals surface area contributed by atoms with Crippen LogP contribution in [0.5, 0.6) is 0 Å². The lowest BCUT2D eigenvalue weighted by molar-refractivity contribution is -0.139. The summed E-state index contributed by atoms with van der Waals surface area (Å²) in [4.78, 5) is 27.3. The molecule has 2 saturated carbocycles. The van der Waals surface area contributed by atoms with E-state index in [-0.39, 0.29) is 5.91 Å². The average molecular weight is 312 g/mol. The highest BCUT2D eigenvalue weighted by molar-refractivity contribution is 5.98. The predicted octanol–water partition coefficient (Wildman–Crippen LogP) is 2.01. The van der Waals surface area contributed by atoms with Gasteiger partial charge >= 0.3 is 5.97 Å². The number of carboxylic acids is 1. The molecule has 0 saturated heterocycles. The highest BCUT2D eigenvalue weighted by Gasteiger charge is 2.48. The van der Waals surface area contributed by atoms with Crippen LogP contribution >= 0.6 is 0 Å². The molecule has 7 heteroatoms. The predicted molar refractivity (Wildman–Crippen MR) is 81.7 cm³/mol. The number of aromatic amines is 1. The van der Waals surface area contributed by atoms with E-state index in [0.717, 1.165) is 24.2 Å². The molecule has 2 aliphatic rings. The van der Waals surface area contributed by atoms with E-state index in [0.29, 0.717) is 23.9 Å². The normalized spacial score (nSPS) is 22.6. The summed E-state index contributed by atoms with van der Waals surface area (Å²) in [6.45, 7) is 0. The van der Waals surface area contributed by atoms with Gasteiger partial charge in [0.05, 0.1) is 11.8 Å². The van der Waals surface area contributed by atoms with Gasteiger partial charge in [-0.05, 0) is 31.4 Å². The van der Waals surface area contributed by atoms with E-state index < -0.39 is 17.8 Å². The van der Waals surface area contributed by atoms with Gasteiger partial charge in [-0.15, -0.1) is 0 Å². The number of aliphatic carboxylic acids is 1. The fraction of sp³-hybridized carbons (Fsp3) is 0.375. The minimum atomic E-state index is -0.910. The number of carbonyl (C=O) groups excluding carboxylic acids is 1. The molecule has 0 aliphatic heterocycles. The van der Waals surface area contributed by atoms with Gasteiger partial charge in [-0.3, -0.25) is 14.7 Å². The topological polar surface area (TPSA) is 108 Å². The van der Waals surface area contributed by atoms with Crippen LogP contribution in [0.15, 0.2) is 24.3 Å². The second-order valence-corrected chi connectivity index (χ2v) is 6.18. The third-order valence-corrected chi connectivity index (χ3v) is 4.30. The highest BCUT2D eigenvalue weighted by Crippen LogP contribution is 2.40. The van der Waals surface area contributed by atoms with Gasteiger partial charge in [0, 0.05) is 17.2 Å². The first-order valence-corrected chi connectivity index (χ1v) is 7.68. The first-order valence-electron chi connectivity index (χ1n) is 7.68. The summed E-state index contributed by atoms with van der Waals surface area (Å²) >= 11 is 0. The number of rotatable bonds is 5. The fourth-order valence-corrected chi connectivity index (χ4v) is 2.67. The number of aromatic nitrogens is 3. The SMILES string of the molecule is O=C(O)C1CC1C(=O)Nc1cccc(-c2n[nH]c(C3CC3)n2)c1. The van der Waals surface area contributed by atoms with Gasteiger partial charge in [0.15, 0.2) is 5.82 Å². The van der Waals surface area contributed by atoms with Crippen molar-refractivity contribution in [2.24, 2.45) is 11.8 Å². The highest BCUT2D eigenvalue weighted by atomic mass is 16.4. The molecule has 4 rings (SSSR count). The van der Waals surface area contributed by atoms with Gasteiger partial charge in [0.25, 0.3) is 0 Å². The minimum absolute atomic E-state index is 0.247. The largest absolute Gasteiger partial charge is 0.481 e. The quantitative estimate of drug-likeness (QED) is 0.782. The molecule has 118 valence electrons. The number of nitrogens with one attached hydrogen (secondary N) is 2. The number of carboxylic acid groups (broad SMARTS) is 1. The number of hydrogen-bond acceptors (Lipinski definition) is 4. The Balaban J connectivity index is 1.47. The van der Waals surface area contributed by atoms with Crippen molar-refractivity contribution in [3.05, 3.63) is 30.1 Å². The molecule has 3 N–H and O–H groups in total. The summed E-state index contributed by atoms with van der Waals surface area (Å²) in [6.07, 6.45) is 2.71. The van der Waals surface area contributed by atoms with Crippen molar-refractivity contribution >= 4 is 17.6 Å². The molecule has 2 aliphatic carbocycles. The van der Waals surface area contributed by atoms with E-state index in [1.54, 1.807) is 12.1 Å². The molecule has 0 radical (unpaired) electrons. The molecular weight excluding hydrogens is 296 g/mol. The van der Waals surface area contributed by atoms with Crippen molar-refractivity contribution in [1.82, 2.24) is 15.2 Å². The van der Waals surface area contributed by atoms with Crippen molar-refractivity contribution in [3.63, 3.8) is 0 Å². The zero-order chi connectivity index (χ0) is 16.0. The number of carbonyl (C=O) groups is 2. The Hall–Kier alpha value is -2.70. The van der Waals surface area contributed by atoms with Crippen molar-refractivity contribution in [2.75, 3.05) is 5.32 Å². The Morgan fingerprint density at radius 3 is 2.78 bits per heavy atom. The molecule has 23 heavy (non-hydrogen) atoms. The lowest BCUT2D eigenvalue weighted by Crippen LogP contribution is -2.16. The summed E-state index contributed by atoms with van der Waals surface area (Å²) in [5.74, 6) is -0.111. The minimum Gasteiger partial charge on any atom is -0.481 e. The van der Waals surface area contributed by atoms with Crippen LogP contribution in [-0.4, -0.2) is 32.2 Å². The molecule has 1 heterocycles. The van der Waals surface area contributed by atoms with Gasteiger partial charge in [0.2, 0.25) is 5.91 Å². The Labute approximate surface area is 132 Å².